The molecule has 0 heterocycles. The van der Waals surface area contributed by atoms with E-state index in [1.54, 1.807) is 0 Å². The van der Waals surface area contributed by atoms with Crippen molar-refractivity contribution in [2.24, 2.45) is 11.3 Å². The van der Waals surface area contributed by atoms with Crippen molar-refractivity contribution in [2.45, 2.75) is 50.3 Å². The highest BCUT2D eigenvalue weighted by Crippen LogP contribution is 2.55. The minimum Gasteiger partial charge on any atom is -0.310 e. The smallest absolute Gasteiger partial charge is 0.310 e. The van der Waals surface area contributed by atoms with Crippen molar-refractivity contribution < 1.29 is 18.1 Å². The molecule has 2 unspecified atom stereocenters. The molecule has 8 nitrogen and oxygen atoms in total. The lowest BCUT2D eigenvalue weighted by Gasteiger charge is -2.38. The van der Waals surface area contributed by atoms with Crippen LogP contribution in [0.4, 0.5) is 10.5 Å². The first-order valence-corrected chi connectivity index (χ1v) is 11.2. The monoisotopic (exact) mass is 417 g/mol. The van der Waals surface area contributed by atoms with Crippen LogP contribution in [0.15, 0.2) is 52.1 Å². The second-order valence-electron chi connectivity index (χ2n) is 8.13. The molecule has 0 aliphatic heterocycles. The topological polar surface area (TPSA) is 118 Å². The number of benzene rings is 1. The molecule has 2 fully saturated rings. The quantitative estimate of drug-likeness (QED) is 0.571. The highest BCUT2D eigenvalue weighted by molar-refractivity contribution is 7.90. The number of carbonyl (C=O) groups is 1. The molecule has 3 aliphatic rings. The number of hydrogen-bond acceptors (Lipinski definition) is 5. The van der Waals surface area contributed by atoms with Crippen LogP contribution in [0.1, 0.15) is 45.4 Å². The van der Waals surface area contributed by atoms with Crippen molar-refractivity contribution >= 4 is 21.7 Å². The number of non-ortho nitro benzene ring substituents is 1. The molecule has 1 aromatic carbocycles. The third kappa shape index (κ3) is 3.43. The van der Waals surface area contributed by atoms with Crippen LogP contribution in [0.2, 0.25) is 0 Å². The number of rotatable bonds is 4. The summed E-state index contributed by atoms with van der Waals surface area (Å²) in [6.45, 7) is 2.14. The van der Waals surface area contributed by atoms with Gasteiger partial charge in [0.1, 0.15) is 0 Å². The summed E-state index contributed by atoms with van der Waals surface area (Å²) < 4.78 is 27.1. The van der Waals surface area contributed by atoms with Gasteiger partial charge in [-0.25, -0.2) is 17.9 Å². The Balaban J connectivity index is 1.56. The van der Waals surface area contributed by atoms with Gasteiger partial charge in [-0.2, -0.15) is 0 Å². The number of amides is 2. The second kappa shape index (κ2) is 6.98. The number of nitro groups is 1. The van der Waals surface area contributed by atoms with Gasteiger partial charge in [0.05, 0.1) is 9.82 Å². The molecule has 1 aromatic rings. The van der Waals surface area contributed by atoms with Crippen LogP contribution < -0.4 is 10.0 Å². The lowest BCUT2D eigenvalue weighted by molar-refractivity contribution is -0.384. The molecule has 4 rings (SSSR count). The summed E-state index contributed by atoms with van der Waals surface area (Å²) in [7, 11) is -4.14. The number of nitrogens with one attached hydrogen (secondary N) is 2. The molecule has 0 radical (unpaired) electrons. The molecular formula is C20H23N3O5S. The van der Waals surface area contributed by atoms with E-state index < -0.39 is 21.0 Å². The highest BCUT2D eigenvalue weighted by Gasteiger charge is 2.46. The Labute approximate surface area is 169 Å². The van der Waals surface area contributed by atoms with Gasteiger partial charge in [0.2, 0.25) is 0 Å². The third-order valence-corrected chi connectivity index (χ3v) is 7.74. The van der Waals surface area contributed by atoms with Crippen LogP contribution in [-0.2, 0) is 10.0 Å². The molecule has 29 heavy (non-hydrogen) atoms. The SMILES string of the molecule is CC12CCCC1C=C1CCCC1=C2NC(=O)NS(=O)(=O)c1ccc([N+](=O)[O-])cc1. The molecule has 0 saturated heterocycles. The molecule has 0 spiro atoms. The molecule has 9 heteroatoms. The Morgan fingerprint density at radius 3 is 2.62 bits per heavy atom. The fraction of sp³-hybridized carbons (Fsp3) is 0.450. The predicted octanol–water partition coefficient (Wildman–Crippen LogP) is 3.77. The largest absolute Gasteiger partial charge is 0.332 e. The molecule has 0 aromatic heterocycles. The van der Waals surface area contributed by atoms with Crippen molar-refractivity contribution in [3.8, 4) is 0 Å². The summed E-state index contributed by atoms with van der Waals surface area (Å²) in [5.74, 6) is 0.362. The van der Waals surface area contributed by atoms with E-state index in [1.807, 2.05) is 4.72 Å². The first-order valence-electron chi connectivity index (χ1n) is 9.74. The van der Waals surface area contributed by atoms with Crippen LogP contribution >= 0.6 is 0 Å². The van der Waals surface area contributed by atoms with E-state index in [1.165, 1.54) is 5.57 Å². The fourth-order valence-electron chi connectivity index (χ4n) is 4.88. The average molecular weight is 417 g/mol. The van der Waals surface area contributed by atoms with Gasteiger partial charge in [0, 0.05) is 23.2 Å². The maximum Gasteiger partial charge on any atom is 0.332 e. The summed E-state index contributed by atoms with van der Waals surface area (Å²) in [6, 6.07) is 3.62. The van der Waals surface area contributed by atoms with Crippen molar-refractivity contribution in [3.05, 3.63) is 57.3 Å². The van der Waals surface area contributed by atoms with E-state index in [0.717, 1.165) is 74.1 Å². The first kappa shape index (κ1) is 19.6. The maximum atomic E-state index is 12.6. The second-order valence-corrected chi connectivity index (χ2v) is 9.81. The molecule has 2 amide bonds. The number of fused-ring (bicyclic) bond motifs is 2. The molecule has 3 aliphatic carbocycles. The molecule has 2 saturated carbocycles. The standard InChI is InChI=1S/C20H23N3O5S/c1-20-11-3-5-14(20)12-13-4-2-6-17(13)18(20)21-19(24)22-29(27,28)16-9-7-15(8-10-16)23(25)26/h7-10,12,14H,2-6,11H2,1H3,(H2,21,22,24). The molecule has 154 valence electrons. The van der Waals surface area contributed by atoms with Gasteiger partial charge in [-0.05, 0) is 61.3 Å². The highest BCUT2D eigenvalue weighted by atomic mass is 32.2. The predicted molar refractivity (Wildman–Crippen MR) is 106 cm³/mol. The zero-order chi connectivity index (χ0) is 20.8. The average Bonchev–Trinajstić information content (AvgIpc) is 3.27. The summed E-state index contributed by atoms with van der Waals surface area (Å²) in [5.41, 5.74) is 2.88. The van der Waals surface area contributed by atoms with Gasteiger partial charge in [-0.15, -0.1) is 0 Å². The Bertz CT molecular complexity index is 1040. The minimum atomic E-state index is -4.14. The fourth-order valence-corrected chi connectivity index (χ4v) is 5.79. The van der Waals surface area contributed by atoms with E-state index in [0.29, 0.717) is 5.92 Å². The number of nitro benzene ring substituents is 1. The van der Waals surface area contributed by atoms with E-state index in [2.05, 4.69) is 18.3 Å². The van der Waals surface area contributed by atoms with Crippen LogP contribution in [0, 0.1) is 21.4 Å². The van der Waals surface area contributed by atoms with Crippen molar-refractivity contribution in [1.29, 1.82) is 0 Å². The number of nitrogens with zero attached hydrogens (tertiary/aromatic N) is 1. The van der Waals surface area contributed by atoms with Gasteiger partial charge in [0.25, 0.3) is 15.7 Å². The van der Waals surface area contributed by atoms with Gasteiger partial charge in [-0.3, -0.25) is 10.1 Å². The summed E-state index contributed by atoms with van der Waals surface area (Å²) in [4.78, 5) is 22.6. The van der Waals surface area contributed by atoms with Crippen LogP contribution in [0.25, 0.3) is 0 Å². The zero-order valence-electron chi connectivity index (χ0n) is 16.1. The lowest BCUT2D eigenvalue weighted by atomic mass is 9.70. The van der Waals surface area contributed by atoms with Gasteiger partial charge in [-0.1, -0.05) is 19.4 Å². The Morgan fingerprint density at radius 1 is 1.21 bits per heavy atom. The van der Waals surface area contributed by atoms with E-state index >= 15 is 0 Å². The van der Waals surface area contributed by atoms with Crippen molar-refractivity contribution in [2.75, 3.05) is 0 Å². The first-order chi connectivity index (χ1) is 13.7. The summed E-state index contributed by atoms with van der Waals surface area (Å²) in [5, 5.41) is 13.6. The van der Waals surface area contributed by atoms with Gasteiger partial charge < -0.3 is 5.32 Å². The number of hydrogen-bond donors (Lipinski definition) is 2. The zero-order valence-corrected chi connectivity index (χ0v) is 16.9. The van der Waals surface area contributed by atoms with Crippen LogP contribution in [0.3, 0.4) is 0 Å². The molecule has 2 N–H and O–H groups in total. The number of carbonyl (C=O) groups excluding carboxylic acids is 1. The summed E-state index contributed by atoms with van der Waals surface area (Å²) in [6.07, 6.45) is 8.38. The van der Waals surface area contributed by atoms with Crippen LogP contribution in [-0.4, -0.2) is 19.4 Å². The third-order valence-electron chi connectivity index (χ3n) is 6.39. The lowest BCUT2D eigenvalue weighted by Crippen LogP contribution is -2.44. The van der Waals surface area contributed by atoms with E-state index in [-0.39, 0.29) is 16.0 Å². The number of sulfonamides is 1. The van der Waals surface area contributed by atoms with Gasteiger partial charge in [0.15, 0.2) is 0 Å². The Hall–Kier alpha value is -2.68. The normalized spacial score (nSPS) is 25.8. The van der Waals surface area contributed by atoms with Crippen LogP contribution in [0.5, 0.6) is 0 Å². The molecule has 2 atom stereocenters. The summed E-state index contributed by atoms with van der Waals surface area (Å²) >= 11 is 0. The van der Waals surface area contributed by atoms with Gasteiger partial charge >= 0.3 is 6.03 Å². The van der Waals surface area contributed by atoms with E-state index in [4.69, 9.17) is 0 Å². The Morgan fingerprint density at radius 2 is 1.93 bits per heavy atom. The molecular weight excluding hydrogens is 394 g/mol. The number of urea groups is 1. The van der Waals surface area contributed by atoms with Crippen molar-refractivity contribution in [3.63, 3.8) is 0 Å². The van der Waals surface area contributed by atoms with Crippen molar-refractivity contribution in [1.82, 2.24) is 10.0 Å². The number of allylic oxidation sites excluding steroid dienone is 4. The minimum absolute atomic E-state index is 0.183. The molecule has 0 bridgehead atoms. The van der Waals surface area contributed by atoms with E-state index in [9.17, 15) is 23.3 Å². The Kier molecular flexibility index (Phi) is 4.72. The maximum absolute atomic E-state index is 12.6.